The predicted molar refractivity (Wildman–Crippen MR) is 30.5 cm³/mol. The number of carbonyl (C=O) groups is 1. The molecule has 0 bridgehead atoms. The molecule has 0 heterocycles. The molecule has 2 N–H and O–H groups in total. The minimum Gasteiger partial charge on any atom is -1.00 e. The summed E-state index contributed by atoms with van der Waals surface area (Å²) >= 11 is 0. The maximum atomic E-state index is 10.0. The Balaban J connectivity index is -0.0000000600. The van der Waals surface area contributed by atoms with Crippen LogP contribution in [0.15, 0.2) is 0 Å². The van der Waals surface area contributed by atoms with Crippen LogP contribution < -0.4 is 42.0 Å². The Morgan fingerprint density at radius 3 is 1.70 bits per heavy atom. The third-order valence-electron chi connectivity index (χ3n) is 0.402. The Hall–Kier alpha value is 0.720. The minimum absolute atomic E-state index is 0. The maximum absolute atomic E-state index is 10.0. The van der Waals surface area contributed by atoms with Gasteiger partial charge >= 0.3 is 35.5 Å². The van der Waals surface area contributed by atoms with E-state index in [-0.39, 0.29) is 59.5 Å². The predicted octanol–water partition coefficient (Wildman–Crippen LogP) is -5.86. The summed E-state index contributed by atoms with van der Waals surface area (Å²) in [6, 6.07) is 0. The Morgan fingerprint density at radius 1 is 1.40 bits per heavy atom. The fraction of sp³-hybridized carbons (Fsp3) is 0.800. The molecule has 0 saturated heterocycles. The van der Waals surface area contributed by atoms with Crippen molar-refractivity contribution in [3.8, 4) is 0 Å². The molecule has 0 aromatic carbocycles. The molecule has 0 unspecified atom stereocenters. The van der Waals surface area contributed by atoms with Gasteiger partial charge in [0.15, 0.2) is 0 Å². The van der Waals surface area contributed by atoms with Gasteiger partial charge in [0.25, 0.3) is 0 Å². The average Bonchev–Trinajstić information content (AvgIpc) is 1.27. The zero-order valence-corrected chi connectivity index (χ0v) is 9.53. The largest absolute Gasteiger partial charge is 1.00 e. The molecule has 0 saturated carbocycles. The van der Waals surface area contributed by atoms with Crippen LogP contribution in [0.1, 0.15) is 20.8 Å². The number of esters is 1. The molecule has 0 aliphatic rings. The van der Waals surface area contributed by atoms with Crippen LogP contribution in [-0.2, 0) is 9.53 Å². The summed E-state index contributed by atoms with van der Waals surface area (Å²) in [5.74, 6) is -0.213. The van der Waals surface area contributed by atoms with Crippen molar-refractivity contribution in [3.63, 3.8) is 0 Å². The van der Waals surface area contributed by atoms with Crippen molar-refractivity contribution in [1.29, 1.82) is 0 Å². The van der Waals surface area contributed by atoms with E-state index in [2.05, 4.69) is 4.74 Å². The number of carbonyl (C=O) groups excluding carboxylic acids is 1. The van der Waals surface area contributed by atoms with Crippen molar-refractivity contribution < 1.29 is 57.0 Å². The summed E-state index contributed by atoms with van der Waals surface area (Å²) in [5.41, 5.74) is 0. The van der Waals surface area contributed by atoms with E-state index in [0.29, 0.717) is 0 Å². The third kappa shape index (κ3) is 23.3. The van der Waals surface area contributed by atoms with Crippen molar-refractivity contribution >= 4 is 5.97 Å². The molecule has 0 aliphatic carbocycles. The van der Waals surface area contributed by atoms with E-state index in [0.717, 1.165) is 0 Å². The fourth-order valence-corrected chi connectivity index (χ4v) is 0.332. The van der Waals surface area contributed by atoms with Crippen LogP contribution in [0.3, 0.4) is 0 Å². The molecule has 0 aromatic heterocycles. The van der Waals surface area contributed by atoms with Gasteiger partial charge in [-0.05, 0) is 13.8 Å². The van der Waals surface area contributed by atoms with E-state index in [9.17, 15) is 4.79 Å². The van der Waals surface area contributed by atoms with Crippen molar-refractivity contribution in [2.75, 3.05) is 0 Å². The second kappa shape index (κ2) is 12.4. The normalized spacial score (nSPS) is 6.40. The summed E-state index contributed by atoms with van der Waals surface area (Å²) < 4.78 is 4.61. The number of halogens is 1. The first-order chi connectivity index (χ1) is 3.13. The van der Waals surface area contributed by atoms with Gasteiger partial charge in [0.1, 0.15) is 0 Å². The van der Waals surface area contributed by atoms with E-state index in [1.165, 1.54) is 6.92 Å². The quantitative estimate of drug-likeness (QED) is 0.297. The van der Waals surface area contributed by atoms with E-state index in [4.69, 9.17) is 0 Å². The molecular weight excluding hydrogens is 166 g/mol. The number of ether oxygens (including phenoxy) is 1. The Bertz CT molecular complexity index is 77.3. The van der Waals surface area contributed by atoms with Crippen LogP contribution in [0.4, 0.5) is 0 Å². The van der Waals surface area contributed by atoms with Crippen LogP contribution >= 0.6 is 0 Å². The SMILES string of the molecule is CC(=O)OC(C)C.O.[Cl-].[Na+]. The van der Waals surface area contributed by atoms with Gasteiger partial charge in [0.05, 0.1) is 6.10 Å². The first-order valence-electron chi connectivity index (χ1n) is 2.30. The van der Waals surface area contributed by atoms with Crippen molar-refractivity contribution in [1.82, 2.24) is 0 Å². The van der Waals surface area contributed by atoms with Gasteiger partial charge < -0.3 is 22.6 Å². The second-order valence-electron chi connectivity index (χ2n) is 1.66. The molecule has 0 amide bonds. The molecule has 58 valence electrons. The Morgan fingerprint density at radius 2 is 1.70 bits per heavy atom. The molecule has 0 atom stereocenters. The number of rotatable bonds is 1. The fourth-order valence-electron chi connectivity index (χ4n) is 0.332. The molecular formula is C5H12ClNaO3. The summed E-state index contributed by atoms with van der Waals surface area (Å²) in [5, 5.41) is 0. The van der Waals surface area contributed by atoms with Crippen molar-refractivity contribution in [2.24, 2.45) is 0 Å². The second-order valence-corrected chi connectivity index (χ2v) is 1.66. The minimum atomic E-state index is -0.213. The van der Waals surface area contributed by atoms with Gasteiger partial charge in [-0.2, -0.15) is 0 Å². The summed E-state index contributed by atoms with van der Waals surface area (Å²) in [6.07, 6.45) is 0.0255. The topological polar surface area (TPSA) is 57.8 Å². The number of hydrogen-bond donors (Lipinski definition) is 0. The van der Waals surface area contributed by atoms with Gasteiger partial charge in [-0.1, -0.05) is 0 Å². The molecule has 5 heteroatoms. The van der Waals surface area contributed by atoms with Gasteiger partial charge in [-0.3, -0.25) is 4.79 Å². The molecule has 0 radical (unpaired) electrons. The zero-order chi connectivity index (χ0) is 5.86. The molecule has 0 rings (SSSR count). The van der Waals surface area contributed by atoms with Crippen molar-refractivity contribution in [2.45, 2.75) is 26.9 Å². The maximum Gasteiger partial charge on any atom is 1.00 e. The first-order valence-corrected chi connectivity index (χ1v) is 2.30. The van der Waals surface area contributed by atoms with Gasteiger partial charge in [0, 0.05) is 6.92 Å². The summed E-state index contributed by atoms with van der Waals surface area (Å²) in [6.45, 7) is 5.04. The average molecular weight is 179 g/mol. The molecule has 3 nitrogen and oxygen atoms in total. The monoisotopic (exact) mass is 178 g/mol. The van der Waals surface area contributed by atoms with Crippen LogP contribution in [0.2, 0.25) is 0 Å². The first kappa shape index (κ1) is 22.4. The van der Waals surface area contributed by atoms with Gasteiger partial charge in [-0.15, -0.1) is 0 Å². The number of hydrogen-bond acceptors (Lipinski definition) is 2. The summed E-state index contributed by atoms with van der Waals surface area (Å²) in [7, 11) is 0. The van der Waals surface area contributed by atoms with Gasteiger partial charge in [0.2, 0.25) is 0 Å². The molecule has 10 heavy (non-hydrogen) atoms. The van der Waals surface area contributed by atoms with E-state index >= 15 is 0 Å². The van der Waals surface area contributed by atoms with E-state index < -0.39 is 0 Å². The van der Waals surface area contributed by atoms with Crippen LogP contribution in [0.5, 0.6) is 0 Å². The smallest absolute Gasteiger partial charge is 1.00 e. The zero-order valence-electron chi connectivity index (χ0n) is 6.77. The van der Waals surface area contributed by atoms with E-state index in [1.54, 1.807) is 0 Å². The third-order valence-corrected chi connectivity index (χ3v) is 0.402. The van der Waals surface area contributed by atoms with Crippen molar-refractivity contribution in [3.05, 3.63) is 0 Å². The van der Waals surface area contributed by atoms with Crippen LogP contribution in [-0.4, -0.2) is 17.5 Å². The Labute approximate surface area is 89.5 Å². The molecule has 0 aromatic rings. The molecule has 0 aliphatic heterocycles. The standard InChI is InChI=1S/C5H10O2.ClH.Na.H2O/c1-4(2)7-5(3)6;;;/h4H,1-3H3;1H;;1H2/q;;+1;/p-1. The van der Waals surface area contributed by atoms with Crippen LogP contribution in [0, 0.1) is 0 Å². The molecule has 0 spiro atoms. The van der Waals surface area contributed by atoms with Crippen LogP contribution in [0.25, 0.3) is 0 Å². The van der Waals surface area contributed by atoms with Gasteiger partial charge in [-0.25, -0.2) is 0 Å². The van der Waals surface area contributed by atoms with E-state index in [1.807, 2.05) is 13.8 Å². The summed E-state index contributed by atoms with van der Waals surface area (Å²) in [4.78, 5) is 10.0. The molecule has 0 fully saturated rings. The Kier molecular flexibility index (Phi) is 27.8.